The van der Waals surface area contributed by atoms with Gasteiger partial charge in [0.05, 0.1) is 0 Å². The van der Waals surface area contributed by atoms with Gasteiger partial charge in [0.25, 0.3) is 0 Å². The molecular weight excluding hydrogens is 264 g/mol. The Bertz CT molecular complexity index is 244. The van der Waals surface area contributed by atoms with Gasteiger partial charge in [-0.25, -0.2) is 8.51 Å². The Morgan fingerprint density at radius 3 is 1.56 bits per heavy atom. The quantitative estimate of drug-likeness (QED) is 0.783. The molecule has 0 aromatic rings. The van der Waals surface area contributed by atoms with Crippen molar-refractivity contribution in [2.45, 2.75) is 74.7 Å². The minimum atomic E-state index is -0.277. The first-order valence-electron chi connectivity index (χ1n) is 7.19. The van der Waals surface area contributed by atoms with Crippen molar-refractivity contribution in [1.82, 2.24) is 3.71 Å². The lowest BCUT2D eigenvalue weighted by Gasteiger charge is -2.30. The van der Waals surface area contributed by atoms with Gasteiger partial charge in [0.15, 0.2) is 0 Å². The molecule has 2 saturated carbocycles. The van der Waals surface area contributed by atoms with Crippen LogP contribution in [-0.4, -0.2) is 20.2 Å². The molecule has 0 aliphatic heterocycles. The number of nitrogens with zero attached hydrogens (tertiary/aromatic N) is 1. The normalized spacial score (nSPS) is 22.9. The number of carbonyl (C=O) groups excluding carboxylic acids is 1. The number of nitrogens with two attached hydrogens (primary N) is 1. The van der Waals surface area contributed by atoms with Crippen LogP contribution in [0, 0.1) is 0 Å². The van der Waals surface area contributed by atoms with Crippen LogP contribution < -0.4 is 5.73 Å². The van der Waals surface area contributed by atoms with Gasteiger partial charge in [0.2, 0.25) is 0 Å². The van der Waals surface area contributed by atoms with Crippen LogP contribution in [0.5, 0.6) is 0 Å². The average molecular weight is 288 g/mol. The fraction of sp³-hybridized carbons (Fsp3) is 0.923. The second-order valence-corrected chi connectivity index (χ2v) is 8.04. The highest BCUT2D eigenvalue weighted by Gasteiger charge is 2.25. The van der Waals surface area contributed by atoms with E-state index in [4.69, 9.17) is 5.73 Å². The van der Waals surface area contributed by atoms with Crippen molar-refractivity contribution in [3.63, 3.8) is 0 Å². The van der Waals surface area contributed by atoms with Gasteiger partial charge in [-0.2, -0.15) is 0 Å². The Balaban J connectivity index is 1.80. The highest BCUT2D eigenvalue weighted by atomic mass is 32.2. The summed E-state index contributed by atoms with van der Waals surface area (Å²) in [4.78, 5) is 11.6. The van der Waals surface area contributed by atoms with Crippen LogP contribution in [0.15, 0.2) is 0 Å². The van der Waals surface area contributed by atoms with Crippen LogP contribution in [0.4, 0.5) is 4.79 Å². The van der Waals surface area contributed by atoms with Gasteiger partial charge in [-0.05, 0) is 49.6 Å². The third-order valence-corrected chi connectivity index (χ3v) is 6.57. The summed E-state index contributed by atoms with van der Waals surface area (Å²) in [5, 5.41) is 1.20. The molecule has 0 aromatic carbocycles. The van der Waals surface area contributed by atoms with E-state index in [1.807, 2.05) is 0 Å². The number of amides is 2. The summed E-state index contributed by atoms with van der Waals surface area (Å²) in [6, 6.07) is -0.277. The standard InChI is InChI=1S/C13H24N2OS2/c14-13(16)15(17-11-7-3-1-4-8-11)18-12-9-5-2-6-10-12/h11-12H,1-10H2,(H2,14,16). The molecule has 2 rings (SSSR count). The monoisotopic (exact) mass is 288 g/mol. The Labute approximate surface area is 119 Å². The summed E-state index contributed by atoms with van der Waals surface area (Å²) < 4.78 is 1.77. The molecule has 3 nitrogen and oxygen atoms in total. The van der Waals surface area contributed by atoms with Crippen LogP contribution in [0.1, 0.15) is 64.2 Å². The van der Waals surface area contributed by atoms with E-state index in [2.05, 4.69) is 0 Å². The van der Waals surface area contributed by atoms with Crippen molar-refractivity contribution in [2.24, 2.45) is 5.73 Å². The lowest BCUT2D eigenvalue weighted by Crippen LogP contribution is -2.30. The molecule has 0 aromatic heterocycles. The molecule has 0 atom stereocenters. The summed E-state index contributed by atoms with van der Waals surface area (Å²) >= 11 is 3.38. The van der Waals surface area contributed by atoms with E-state index >= 15 is 0 Å². The van der Waals surface area contributed by atoms with E-state index in [1.165, 1.54) is 64.2 Å². The van der Waals surface area contributed by atoms with Gasteiger partial charge < -0.3 is 5.73 Å². The van der Waals surface area contributed by atoms with E-state index in [1.54, 1.807) is 27.6 Å². The second kappa shape index (κ2) is 7.53. The van der Waals surface area contributed by atoms with Crippen LogP contribution in [0.25, 0.3) is 0 Å². The van der Waals surface area contributed by atoms with E-state index in [-0.39, 0.29) is 6.03 Å². The van der Waals surface area contributed by atoms with E-state index < -0.39 is 0 Å². The third-order valence-electron chi connectivity index (χ3n) is 3.77. The van der Waals surface area contributed by atoms with Gasteiger partial charge >= 0.3 is 6.03 Å². The zero-order valence-corrected chi connectivity index (χ0v) is 12.6. The molecule has 0 heterocycles. The molecule has 0 saturated heterocycles. The molecule has 0 radical (unpaired) electrons. The number of carbonyl (C=O) groups is 1. The Kier molecular flexibility index (Phi) is 6.02. The first-order chi connectivity index (χ1) is 8.75. The van der Waals surface area contributed by atoms with Crippen LogP contribution >= 0.6 is 23.9 Å². The zero-order chi connectivity index (χ0) is 12.8. The molecule has 0 bridgehead atoms. The third kappa shape index (κ3) is 4.57. The Morgan fingerprint density at radius 2 is 1.22 bits per heavy atom. The average Bonchev–Trinajstić information content (AvgIpc) is 2.40. The molecule has 18 heavy (non-hydrogen) atoms. The van der Waals surface area contributed by atoms with Crippen molar-refractivity contribution >= 4 is 29.9 Å². The molecule has 2 amide bonds. The maximum absolute atomic E-state index is 11.6. The number of primary amides is 1. The molecule has 2 aliphatic carbocycles. The lowest BCUT2D eigenvalue weighted by molar-refractivity contribution is 0.246. The molecule has 0 unspecified atom stereocenters. The smallest absolute Gasteiger partial charge is 0.335 e. The largest absolute Gasteiger partial charge is 0.350 e. The fourth-order valence-corrected chi connectivity index (χ4v) is 5.51. The van der Waals surface area contributed by atoms with Crippen molar-refractivity contribution in [3.05, 3.63) is 0 Å². The summed E-state index contributed by atoms with van der Waals surface area (Å²) in [6.45, 7) is 0. The number of hydrogen-bond donors (Lipinski definition) is 1. The lowest BCUT2D eigenvalue weighted by atomic mass is 10.0. The fourth-order valence-electron chi connectivity index (χ4n) is 2.74. The Hall–Kier alpha value is -0.0300. The number of hydrogen-bond acceptors (Lipinski definition) is 3. The summed E-state index contributed by atoms with van der Waals surface area (Å²) in [6.07, 6.45) is 12.9. The first kappa shape index (κ1) is 14.4. The van der Waals surface area contributed by atoms with Crippen molar-refractivity contribution in [2.75, 3.05) is 0 Å². The maximum Gasteiger partial charge on any atom is 0.335 e. The van der Waals surface area contributed by atoms with Crippen LogP contribution in [-0.2, 0) is 0 Å². The van der Waals surface area contributed by atoms with Gasteiger partial charge in [-0.15, -0.1) is 0 Å². The molecular formula is C13H24N2OS2. The predicted octanol–water partition coefficient (Wildman–Crippen LogP) is 4.33. The summed E-state index contributed by atoms with van der Waals surface area (Å²) in [5.41, 5.74) is 5.52. The van der Waals surface area contributed by atoms with Gasteiger partial charge in [-0.1, -0.05) is 38.5 Å². The molecule has 2 aliphatic rings. The van der Waals surface area contributed by atoms with E-state index in [0.29, 0.717) is 10.5 Å². The minimum Gasteiger partial charge on any atom is -0.350 e. The topological polar surface area (TPSA) is 46.3 Å². The molecule has 0 spiro atoms. The highest BCUT2D eigenvalue weighted by molar-refractivity contribution is 8.13. The van der Waals surface area contributed by atoms with Crippen LogP contribution in [0.2, 0.25) is 0 Å². The van der Waals surface area contributed by atoms with Crippen molar-refractivity contribution < 1.29 is 4.79 Å². The summed E-state index contributed by atoms with van der Waals surface area (Å²) in [7, 11) is 0. The molecule has 5 heteroatoms. The van der Waals surface area contributed by atoms with Gasteiger partial charge in [-0.3, -0.25) is 0 Å². The predicted molar refractivity (Wildman–Crippen MR) is 80.4 cm³/mol. The van der Waals surface area contributed by atoms with E-state index in [9.17, 15) is 4.79 Å². The minimum absolute atomic E-state index is 0.277. The number of urea groups is 1. The highest BCUT2D eigenvalue weighted by Crippen LogP contribution is 2.38. The first-order valence-corrected chi connectivity index (χ1v) is 8.86. The second-order valence-electron chi connectivity index (χ2n) is 5.33. The maximum atomic E-state index is 11.6. The van der Waals surface area contributed by atoms with Crippen molar-refractivity contribution in [3.8, 4) is 0 Å². The number of rotatable bonds is 4. The van der Waals surface area contributed by atoms with Gasteiger partial charge in [0, 0.05) is 10.5 Å². The van der Waals surface area contributed by atoms with Crippen LogP contribution in [0.3, 0.4) is 0 Å². The summed E-state index contributed by atoms with van der Waals surface area (Å²) in [5.74, 6) is 0. The van der Waals surface area contributed by atoms with Crippen molar-refractivity contribution in [1.29, 1.82) is 0 Å². The van der Waals surface area contributed by atoms with Gasteiger partial charge in [0.1, 0.15) is 0 Å². The molecule has 104 valence electrons. The molecule has 2 fully saturated rings. The molecule has 2 N–H and O–H groups in total. The zero-order valence-electron chi connectivity index (χ0n) is 11.0. The van der Waals surface area contributed by atoms with E-state index in [0.717, 1.165) is 0 Å². The Morgan fingerprint density at radius 1 is 0.833 bits per heavy atom. The SMILES string of the molecule is NC(=O)N(SC1CCCCC1)SC1CCCCC1.